The zero-order chi connectivity index (χ0) is 27.4. The summed E-state index contributed by atoms with van der Waals surface area (Å²) in [6.07, 6.45) is 16.0. The van der Waals surface area contributed by atoms with Crippen LogP contribution < -0.4 is 5.73 Å². The van der Waals surface area contributed by atoms with Gasteiger partial charge in [-0.1, -0.05) is 102 Å². The number of halogens is 1. The average molecular weight is 529 g/mol. The Morgan fingerprint density at radius 3 is 2.38 bits per heavy atom. The molecular formula is C33H53ClN2O. The lowest BCUT2D eigenvalue weighted by atomic mass is 9.87. The van der Waals surface area contributed by atoms with Crippen LogP contribution in [0.2, 0.25) is 5.02 Å². The highest BCUT2D eigenvalue weighted by Crippen LogP contribution is 2.54. The van der Waals surface area contributed by atoms with Crippen LogP contribution in [-0.2, 0) is 0 Å². The number of aliphatic hydroxyl groups is 1. The van der Waals surface area contributed by atoms with E-state index in [1.807, 2.05) is 13.0 Å². The minimum atomic E-state index is -0.0173. The van der Waals surface area contributed by atoms with Crippen LogP contribution in [0, 0.1) is 24.7 Å². The highest BCUT2D eigenvalue weighted by molar-refractivity contribution is 6.31. The molecule has 0 saturated heterocycles. The molecule has 3 saturated carbocycles. The molecule has 4 heteroatoms. The number of rotatable bonds is 9. The van der Waals surface area contributed by atoms with Gasteiger partial charge in [-0.3, -0.25) is 4.99 Å². The highest BCUT2D eigenvalue weighted by Gasteiger charge is 2.49. The van der Waals surface area contributed by atoms with Crippen LogP contribution in [-0.4, -0.2) is 17.4 Å². The van der Waals surface area contributed by atoms with Crippen molar-refractivity contribution in [3.8, 4) is 0 Å². The number of aliphatic imine (C=N–C) groups is 1. The number of hydrogen-bond acceptors (Lipinski definition) is 3. The van der Waals surface area contributed by atoms with Crippen molar-refractivity contribution in [2.75, 3.05) is 6.54 Å². The molecule has 3 aliphatic rings. The van der Waals surface area contributed by atoms with Crippen molar-refractivity contribution in [3.05, 3.63) is 58.0 Å². The zero-order valence-electron chi connectivity index (χ0n) is 24.3. The van der Waals surface area contributed by atoms with Crippen molar-refractivity contribution in [2.45, 2.75) is 118 Å². The van der Waals surface area contributed by atoms with Crippen molar-refractivity contribution in [1.29, 1.82) is 0 Å². The smallest absolute Gasteiger partial charge is 0.131 e. The fourth-order valence-corrected chi connectivity index (χ4v) is 6.07. The van der Waals surface area contributed by atoms with Crippen LogP contribution >= 0.6 is 11.6 Å². The molecule has 3 N–H and O–H groups in total. The first-order valence-corrected chi connectivity index (χ1v) is 15.3. The van der Waals surface area contributed by atoms with Crippen molar-refractivity contribution in [3.63, 3.8) is 0 Å². The SMILES string of the molecule is C=C(O)/C(N)=C1/C(=NCC)CC2CC12.CC1CCCC1.CCCCCC(CCC)c1cccc(Cl)c1C. The molecule has 37 heavy (non-hydrogen) atoms. The first-order chi connectivity index (χ1) is 17.7. The number of benzene rings is 1. The van der Waals surface area contributed by atoms with Gasteiger partial charge >= 0.3 is 0 Å². The van der Waals surface area contributed by atoms with Gasteiger partial charge in [-0.05, 0) is 80.4 Å². The maximum atomic E-state index is 9.27. The second-order valence-corrected chi connectivity index (χ2v) is 11.7. The highest BCUT2D eigenvalue weighted by atomic mass is 35.5. The van der Waals surface area contributed by atoms with Crippen molar-refractivity contribution < 1.29 is 5.11 Å². The molecule has 0 amide bonds. The van der Waals surface area contributed by atoms with Crippen LogP contribution in [0.1, 0.15) is 122 Å². The summed E-state index contributed by atoms with van der Waals surface area (Å²) in [6, 6.07) is 6.34. The normalized spacial score (nSPS) is 23.5. The Kier molecular flexibility index (Phi) is 13.8. The Labute approximate surface area is 232 Å². The summed E-state index contributed by atoms with van der Waals surface area (Å²) < 4.78 is 0. The van der Waals surface area contributed by atoms with Gasteiger partial charge in [0, 0.05) is 22.9 Å². The van der Waals surface area contributed by atoms with E-state index in [1.165, 1.54) is 81.8 Å². The minimum absolute atomic E-state index is 0.0173. The molecule has 3 atom stereocenters. The Balaban J connectivity index is 0.000000215. The van der Waals surface area contributed by atoms with Gasteiger partial charge in [-0.15, -0.1) is 0 Å². The molecule has 1 aromatic rings. The van der Waals surface area contributed by atoms with E-state index in [4.69, 9.17) is 17.3 Å². The number of nitrogens with zero attached hydrogens (tertiary/aromatic N) is 1. The van der Waals surface area contributed by atoms with E-state index in [0.29, 0.717) is 17.5 Å². The van der Waals surface area contributed by atoms with Crippen molar-refractivity contribution >= 4 is 17.3 Å². The third-order valence-electron chi connectivity index (χ3n) is 8.20. The molecule has 0 aliphatic heterocycles. The summed E-state index contributed by atoms with van der Waals surface area (Å²) in [5, 5.41) is 10.2. The van der Waals surface area contributed by atoms with Gasteiger partial charge in [0.05, 0.1) is 5.70 Å². The third kappa shape index (κ3) is 9.82. The molecule has 0 radical (unpaired) electrons. The third-order valence-corrected chi connectivity index (χ3v) is 8.61. The lowest BCUT2D eigenvalue weighted by Crippen LogP contribution is -2.11. The summed E-state index contributed by atoms with van der Waals surface area (Å²) in [6.45, 7) is 15.3. The molecule has 0 spiro atoms. The molecular weight excluding hydrogens is 476 g/mol. The van der Waals surface area contributed by atoms with E-state index >= 15 is 0 Å². The van der Waals surface area contributed by atoms with Gasteiger partial charge in [0.1, 0.15) is 5.76 Å². The van der Waals surface area contributed by atoms with Gasteiger partial charge in [-0.2, -0.15) is 0 Å². The van der Waals surface area contributed by atoms with Gasteiger partial charge in [-0.25, -0.2) is 0 Å². The number of allylic oxidation sites excluding steroid dienone is 1. The van der Waals surface area contributed by atoms with Crippen LogP contribution in [0.15, 0.2) is 46.8 Å². The Morgan fingerprint density at radius 1 is 1.14 bits per heavy atom. The summed E-state index contributed by atoms with van der Waals surface area (Å²) in [5.41, 5.74) is 11.1. The molecule has 1 aromatic carbocycles. The summed E-state index contributed by atoms with van der Waals surface area (Å²) in [5.74, 6) is 3.00. The van der Waals surface area contributed by atoms with E-state index in [2.05, 4.69) is 51.4 Å². The van der Waals surface area contributed by atoms with Crippen molar-refractivity contribution in [2.24, 2.45) is 28.5 Å². The van der Waals surface area contributed by atoms with Gasteiger partial charge in [0.25, 0.3) is 0 Å². The Morgan fingerprint density at radius 2 is 1.84 bits per heavy atom. The Hall–Kier alpha value is -1.74. The maximum Gasteiger partial charge on any atom is 0.131 e. The second-order valence-electron chi connectivity index (χ2n) is 11.3. The minimum Gasteiger partial charge on any atom is -0.506 e. The van der Waals surface area contributed by atoms with E-state index in [1.54, 1.807) is 0 Å². The van der Waals surface area contributed by atoms with Crippen molar-refractivity contribution in [1.82, 2.24) is 0 Å². The van der Waals surface area contributed by atoms with Crippen LogP contribution in [0.25, 0.3) is 0 Å². The van der Waals surface area contributed by atoms with Gasteiger partial charge in [0.15, 0.2) is 0 Å². The molecule has 3 fully saturated rings. The number of nitrogens with two attached hydrogens (primary N) is 1. The second kappa shape index (κ2) is 16.3. The zero-order valence-corrected chi connectivity index (χ0v) is 25.0. The predicted octanol–water partition coefficient (Wildman–Crippen LogP) is 10.1. The molecule has 3 aliphatic carbocycles. The standard InChI is InChI=1S/C16H25Cl.C11H16N2O.C6H12/c1-4-6-7-10-14(9-5-2)15-11-8-12-16(17)13(15)3;1-3-13-9-5-7-4-8(7)10(9)11(12)6(2)14;1-6-4-2-3-5-6/h8,11-12,14H,4-7,9-10H2,1-3H3;7-8,14H,2-5,12H2,1H3;6H,2-5H2,1H3/b;11-10-,13-9?;. The largest absolute Gasteiger partial charge is 0.506 e. The van der Waals surface area contributed by atoms with Gasteiger partial charge in [0.2, 0.25) is 0 Å². The summed E-state index contributed by atoms with van der Waals surface area (Å²) >= 11 is 6.22. The molecule has 0 aromatic heterocycles. The molecule has 208 valence electrons. The predicted molar refractivity (Wildman–Crippen MR) is 163 cm³/mol. The molecule has 0 heterocycles. The monoisotopic (exact) mass is 528 g/mol. The summed E-state index contributed by atoms with van der Waals surface area (Å²) in [7, 11) is 0. The Bertz CT molecular complexity index is 913. The lowest BCUT2D eigenvalue weighted by Gasteiger charge is -2.19. The van der Waals surface area contributed by atoms with Gasteiger partial charge < -0.3 is 10.8 Å². The average Bonchev–Trinajstić information content (AvgIpc) is 3.27. The van der Waals surface area contributed by atoms with Crippen LogP contribution in [0.3, 0.4) is 0 Å². The maximum absolute atomic E-state index is 9.27. The number of unbranched alkanes of at least 4 members (excludes halogenated alkanes) is 2. The van der Waals surface area contributed by atoms with E-state index in [9.17, 15) is 5.11 Å². The molecule has 3 unspecified atom stereocenters. The fourth-order valence-electron chi connectivity index (χ4n) is 5.89. The topological polar surface area (TPSA) is 58.6 Å². The molecule has 4 rings (SSSR count). The lowest BCUT2D eigenvalue weighted by molar-refractivity contribution is 0.423. The number of aliphatic hydroxyl groups excluding tert-OH is 1. The summed E-state index contributed by atoms with van der Waals surface area (Å²) in [4.78, 5) is 4.42. The first kappa shape index (κ1) is 31.5. The van der Waals surface area contributed by atoms with E-state index in [0.717, 1.165) is 41.1 Å². The van der Waals surface area contributed by atoms with Crippen LogP contribution in [0.5, 0.6) is 0 Å². The van der Waals surface area contributed by atoms with E-state index in [-0.39, 0.29) is 5.76 Å². The van der Waals surface area contributed by atoms with Crippen LogP contribution in [0.4, 0.5) is 0 Å². The number of hydrogen-bond donors (Lipinski definition) is 2. The first-order valence-electron chi connectivity index (χ1n) is 14.9. The number of fused-ring (bicyclic) bond motifs is 1. The van der Waals surface area contributed by atoms with E-state index < -0.39 is 0 Å². The fraction of sp³-hybridized carbons (Fsp3) is 0.667. The molecule has 0 bridgehead atoms. The molecule has 3 nitrogen and oxygen atoms in total. The quantitative estimate of drug-likeness (QED) is 0.247.